The molecular weight excluding hydrogens is 158 g/mol. The van der Waals surface area contributed by atoms with Gasteiger partial charge in [-0.1, -0.05) is 0 Å². The highest BCUT2D eigenvalue weighted by Crippen LogP contribution is 2.15. The Kier molecular flexibility index (Phi) is 4.20. The molecule has 0 aromatic rings. The van der Waals surface area contributed by atoms with E-state index in [2.05, 4.69) is 0 Å². The summed E-state index contributed by atoms with van der Waals surface area (Å²) in [6.07, 6.45) is 0.544. The van der Waals surface area contributed by atoms with E-state index in [-0.39, 0.29) is 18.1 Å². The van der Waals surface area contributed by atoms with Crippen LogP contribution in [-0.2, 0) is 9.53 Å². The summed E-state index contributed by atoms with van der Waals surface area (Å²) >= 11 is 0. The van der Waals surface area contributed by atoms with Gasteiger partial charge in [-0.15, -0.1) is 0 Å². The Balaban J connectivity index is 3.83. The van der Waals surface area contributed by atoms with Gasteiger partial charge in [-0.2, -0.15) is 0 Å². The minimum absolute atomic E-state index is 0.00715. The monoisotopic (exact) mass is 175 g/mol. The number of ether oxygens (including phenoxy) is 1. The van der Waals surface area contributed by atoms with Gasteiger partial charge in [0.2, 0.25) is 0 Å². The summed E-state index contributed by atoms with van der Waals surface area (Å²) < 4.78 is 5.12. The van der Waals surface area contributed by atoms with Gasteiger partial charge in [-0.3, -0.25) is 4.79 Å². The molecule has 0 fully saturated rings. The summed E-state index contributed by atoms with van der Waals surface area (Å²) in [5.41, 5.74) is 5.24. The molecule has 0 aromatic carbocycles. The van der Waals surface area contributed by atoms with Crippen LogP contribution in [0.1, 0.15) is 26.7 Å². The van der Waals surface area contributed by atoms with E-state index in [1.165, 1.54) is 0 Å². The number of carbonyl (C=O) groups is 1. The van der Waals surface area contributed by atoms with Crippen molar-refractivity contribution < 1.29 is 14.6 Å². The molecule has 0 amide bonds. The van der Waals surface area contributed by atoms with Crippen LogP contribution < -0.4 is 5.73 Å². The fraction of sp³-hybridized carbons (Fsp3) is 0.875. The number of methoxy groups -OCH3 is 1. The molecule has 0 spiro atoms. The molecule has 12 heavy (non-hydrogen) atoms. The fourth-order valence-electron chi connectivity index (χ4n) is 1.01. The summed E-state index contributed by atoms with van der Waals surface area (Å²) in [4.78, 5) is 10.3. The van der Waals surface area contributed by atoms with E-state index in [1.807, 2.05) is 13.8 Å². The van der Waals surface area contributed by atoms with E-state index in [9.17, 15) is 4.79 Å². The molecule has 4 heteroatoms. The zero-order chi connectivity index (χ0) is 9.78. The van der Waals surface area contributed by atoms with Crippen LogP contribution in [0.15, 0.2) is 0 Å². The maximum atomic E-state index is 10.3. The van der Waals surface area contributed by atoms with Crippen LogP contribution in [0, 0.1) is 0 Å². The molecular formula is C8H17NO3. The summed E-state index contributed by atoms with van der Waals surface area (Å²) in [6, 6.07) is -0.336. The van der Waals surface area contributed by atoms with Crippen LogP contribution in [-0.4, -0.2) is 29.8 Å². The third-order valence-corrected chi connectivity index (χ3v) is 1.74. The third-order valence-electron chi connectivity index (χ3n) is 1.74. The fourth-order valence-corrected chi connectivity index (χ4v) is 1.01. The van der Waals surface area contributed by atoms with E-state index < -0.39 is 5.97 Å². The standard InChI is InChI=1S/C8H17NO3/c1-8(2,12-3)5-6(9)4-7(10)11/h6H,4-5,9H2,1-3H3,(H,10,11). The predicted molar refractivity (Wildman–Crippen MR) is 45.9 cm³/mol. The van der Waals surface area contributed by atoms with Crippen LogP contribution in [0.25, 0.3) is 0 Å². The SMILES string of the molecule is COC(C)(C)CC(N)CC(=O)O. The van der Waals surface area contributed by atoms with Crippen molar-refractivity contribution in [2.45, 2.75) is 38.3 Å². The molecule has 72 valence electrons. The van der Waals surface area contributed by atoms with Crippen LogP contribution in [0.2, 0.25) is 0 Å². The van der Waals surface area contributed by atoms with Gasteiger partial charge in [0.05, 0.1) is 12.0 Å². The number of rotatable bonds is 5. The molecule has 0 aliphatic heterocycles. The zero-order valence-electron chi connectivity index (χ0n) is 7.83. The van der Waals surface area contributed by atoms with Crippen molar-refractivity contribution in [1.29, 1.82) is 0 Å². The topological polar surface area (TPSA) is 72.5 Å². The largest absolute Gasteiger partial charge is 0.481 e. The lowest BCUT2D eigenvalue weighted by molar-refractivity contribution is -0.137. The molecule has 0 aliphatic carbocycles. The molecule has 1 atom stereocenters. The highest BCUT2D eigenvalue weighted by Gasteiger charge is 2.21. The van der Waals surface area contributed by atoms with Gasteiger partial charge in [0.15, 0.2) is 0 Å². The zero-order valence-corrected chi connectivity index (χ0v) is 7.83. The second-order valence-electron chi connectivity index (χ2n) is 3.53. The van der Waals surface area contributed by atoms with Gasteiger partial charge in [-0.05, 0) is 20.3 Å². The minimum atomic E-state index is -0.866. The van der Waals surface area contributed by atoms with Crippen LogP contribution in [0.5, 0.6) is 0 Å². The van der Waals surface area contributed by atoms with Gasteiger partial charge in [0.25, 0.3) is 0 Å². The van der Waals surface area contributed by atoms with Crippen LogP contribution in [0.4, 0.5) is 0 Å². The molecule has 3 N–H and O–H groups in total. The Hall–Kier alpha value is -0.610. The molecule has 4 nitrogen and oxygen atoms in total. The summed E-state index contributed by atoms with van der Waals surface area (Å²) in [5, 5.41) is 8.43. The lowest BCUT2D eigenvalue weighted by atomic mass is 9.97. The van der Waals surface area contributed by atoms with Gasteiger partial charge in [0.1, 0.15) is 0 Å². The number of carboxylic acid groups (broad SMARTS) is 1. The second kappa shape index (κ2) is 4.42. The van der Waals surface area contributed by atoms with Crippen molar-refractivity contribution in [2.24, 2.45) is 5.73 Å². The van der Waals surface area contributed by atoms with Crippen molar-refractivity contribution in [3.63, 3.8) is 0 Å². The Labute approximate surface area is 72.7 Å². The first-order chi connectivity index (χ1) is 5.37. The van der Waals surface area contributed by atoms with Crippen molar-refractivity contribution >= 4 is 5.97 Å². The summed E-state index contributed by atoms with van der Waals surface area (Å²) in [6.45, 7) is 3.77. The molecule has 1 unspecified atom stereocenters. The molecule has 0 saturated heterocycles. The second-order valence-corrected chi connectivity index (χ2v) is 3.53. The highest BCUT2D eigenvalue weighted by molar-refractivity contribution is 5.67. The smallest absolute Gasteiger partial charge is 0.304 e. The Morgan fingerprint density at radius 1 is 1.67 bits per heavy atom. The lowest BCUT2D eigenvalue weighted by Crippen LogP contribution is -2.35. The molecule has 0 saturated carbocycles. The van der Waals surface area contributed by atoms with Gasteiger partial charge < -0.3 is 15.6 Å². The number of aliphatic carboxylic acids is 1. The predicted octanol–water partition coefficient (Wildman–Crippen LogP) is 0.603. The Bertz CT molecular complexity index is 156. The van der Waals surface area contributed by atoms with Gasteiger partial charge in [0, 0.05) is 13.2 Å². The van der Waals surface area contributed by atoms with Crippen molar-refractivity contribution in [3.8, 4) is 0 Å². The molecule has 0 rings (SSSR count). The number of nitrogens with two attached hydrogens (primary N) is 1. The maximum absolute atomic E-state index is 10.3. The first-order valence-corrected chi connectivity index (χ1v) is 3.90. The average molecular weight is 175 g/mol. The molecule has 0 radical (unpaired) electrons. The van der Waals surface area contributed by atoms with Crippen LogP contribution in [0.3, 0.4) is 0 Å². The Morgan fingerprint density at radius 3 is 2.50 bits per heavy atom. The number of hydrogen-bond donors (Lipinski definition) is 2. The van der Waals surface area contributed by atoms with E-state index in [4.69, 9.17) is 15.6 Å². The van der Waals surface area contributed by atoms with E-state index >= 15 is 0 Å². The van der Waals surface area contributed by atoms with Crippen LogP contribution >= 0.6 is 0 Å². The first kappa shape index (κ1) is 11.4. The molecule has 0 aromatic heterocycles. The first-order valence-electron chi connectivity index (χ1n) is 3.90. The van der Waals surface area contributed by atoms with Crippen molar-refractivity contribution in [1.82, 2.24) is 0 Å². The molecule has 0 bridgehead atoms. The number of carboxylic acids is 1. The van der Waals surface area contributed by atoms with Crippen molar-refractivity contribution in [2.75, 3.05) is 7.11 Å². The van der Waals surface area contributed by atoms with E-state index in [1.54, 1.807) is 7.11 Å². The van der Waals surface area contributed by atoms with Crippen molar-refractivity contribution in [3.05, 3.63) is 0 Å². The number of hydrogen-bond acceptors (Lipinski definition) is 3. The lowest BCUT2D eigenvalue weighted by Gasteiger charge is -2.25. The van der Waals surface area contributed by atoms with E-state index in [0.29, 0.717) is 6.42 Å². The molecule has 0 aliphatic rings. The van der Waals surface area contributed by atoms with Gasteiger partial charge >= 0.3 is 5.97 Å². The average Bonchev–Trinajstić information content (AvgIpc) is 1.84. The highest BCUT2D eigenvalue weighted by atomic mass is 16.5. The summed E-state index contributed by atoms with van der Waals surface area (Å²) in [7, 11) is 1.59. The van der Waals surface area contributed by atoms with E-state index in [0.717, 1.165) is 0 Å². The third kappa shape index (κ3) is 5.09. The normalized spacial score (nSPS) is 14.3. The quantitative estimate of drug-likeness (QED) is 0.642. The minimum Gasteiger partial charge on any atom is -0.481 e. The van der Waals surface area contributed by atoms with Gasteiger partial charge in [-0.25, -0.2) is 0 Å². The maximum Gasteiger partial charge on any atom is 0.304 e. The molecule has 0 heterocycles. The summed E-state index contributed by atoms with van der Waals surface area (Å²) in [5.74, 6) is -0.866. The Morgan fingerprint density at radius 2 is 2.17 bits per heavy atom.